The maximum Gasteiger partial charge on any atom is 0.254 e. The number of rotatable bonds is 5. The molecule has 2 heterocycles. The van der Waals surface area contributed by atoms with Gasteiger partial charge in [-0.25, -0.2) is 4.98 Å². The molecule has 7 heteroatoms. The second-order valence-electron chi connectivity index (χ2n) is 6.28. The van der Waals surface area contributed by atoms with Crippen molar-refractivity contribution in [2.75, 3.05) is 18.2 Å². The Morgan fingerprint density at radius 2 is 1.89 bits per heavy atom. The van der Waals surface area contributed by atoms with Crippen LogP contribution in [0.15, 0.2) is 65.7 Å². The van der Waals surface area contributed by atoms with Crippen molar-refractivity contribution in [3.05, 3.63) is 71.3 Å². The zero-order chi connectivity index (χ0) is 19.5. The maximum atomic E-state index is 12.7. The van der Waals surface area contributed by atoms with E-state index in [-0.39, 0.29) is 24.8 Å². The van der Waals surface area contributed by atoms with Gasteiger partial charge < -0.3 is 14.4 Å². The molecule has 0 aliphatic carbocycles. The van der Waals surface area contributed by atoms with Crippen molar-refractivity contribution >= 4 is 11.6 Å². The normalized spacial score (nSPS) is 12.0. The van der Waals surface area contributed by atoms with Crippen LogP contribution in [-0.2, 0) is 11.3 Å². The minimum atomic E-state index is -0.292. The Morgan fingerprint density at radius 3 is 2.64 bits per heavy atom. The Bertz CT molecular complexity index is 1060. The molecule has 0 radical (unpaired) electrons. The molecule has 7 nitrogen and oxygen atoms in total. The van der Waals surface area contributed by atoms with Crippen molar-refractivity contribution in [2.24, 2.45) is 0 Å². The first-order valence-electron chi connectivity index (χ1n) is 8.97. The van der Waals surface area contributed by atoms with E-state index >= 15 is 0 Å². The lowest BCUT2D eigenvalue weighted by Gasteiger charge is -2.21. The summed E-state index contributed by atoms with van der Waals surface area (Å²) in [6.45, 7) is 2.52. The van der Waals surface area contributed by atoms with Gasteiger partial charge in [0.15, 0.2) is 11.5 Å². The fraction of sp³-hybridized carbons (Fsp3) is 0.190. The number of nitrogens with zero attached hydrogens (tertiary/aromatic N) is 3. The first-order chi connectivity index (χ1) is 13.7. The number of hydrogen-bond acceptors (Lipinski definition) is 5. The number of benzene rings is 2. The monoisotopic (exact) mass is 377 g/mol. The summed E-state index contributed by atoms with van der Waals surface area (Å²) < 4.78 is 12.0. The Hall–Kier alpha value is -3.61. The van der Waals surface area contributed by atoms with E-state index in [4.69, 9.17) is 9.47 Å². The van der Waals surface area contributed by atoms with E-state index in [1.807, 2.05) is 43.3 Å². The van der Waals surface area contributed by atoms with Gasteiger partial charge in [-0.2, -0.15) is 0 Å². The lowest BCUT2D eigenvalue weighted by molar-refractivity contribution is -0.119. The van der Waals surface area contributed by atoms with Gasteiger partial charge in [0, 0.05) is 23.9 Å². The zero-order valence-electron chi connectivity index (χ0n) is 15.4. The number of anilines is 1. The number of carbonyl (C=O) groups excluding carboxylic acids is 1. The molecule has 1 amide bonds. The number of carbonyl (C=O) groups is 1. The largest absolute Gasteiger partial charge is 0.454 e. The molecule has 142 valence electrons. The van der Waals surface area contributed by atoms with Crippen LogP contribution in [0.3, 0.4) is 0 Å². The highest BCUT2D eigenvalue weighted by molar-refractivity contribution is 5.93. The standard InChI is InChI=1S/C21H19N3O4/c1-2-24(16-6-4-3-5-7-16)21(26)12-23-13-22-17(11-20(23)25)15-8-9-18-19(10-15)28-14-27-18/h3-11,13H,2,12,14H2,1H3. The molecule has 0 N–H and O–H groups in total. The number of amides is 1. The molecule has 2 aromatic carbocycles. The SMILES string of the molecule is CCN(C(=O)Cn1cnc(-c2ccc3c(c2)OCO3)cc1=O)c1ccccc1. The summed E-state index contributed by atoms with van der Waals surface area (Å²) in [6.07, 6.45) is 1.40. The number of ether oxygens (including phenoxy) is 2. The fourth-order valence-electron chi connectivity index (χ4n) is 3.10. The summed E-state index contributed by atoms with van der Waals surface area (Å²) in [5.41, 5.74) is 1.77. The average Bonchev–Trinajstić information content (AvgIpc) is 3.19. The first-order valence-corrected chi connectivity index (χ1v) is 8.97. The second-order valence-corrected chi connectivity index (χ2v) is 6.28. The molecular formula is C21H19N3O4. The molecule has 0 bridgehead atoms. The number of aromatic nitrogens is 2. The van der Waals surface area contributed by atoms with E-state index in [9.17, 15) is 9.59 Å². The Balaban J connectivity index is 1.55. The molecule has 3 aromatic rings. The fourth-order valence-corrected chi connectivity index (χ4v) is 3.10. The molecule has 1 aliphatic heterocycles. The van der Waals surface area contributed by atoms with Gasteiger partial charge in [-0.05, 0) is 37.3 Å². The number of likely N-dealkylation sites (N-methyl/N-ethyl adjacent to an activating group) is 1. The van der Waals surface area contributed by atoms with Crippen LogP contribution >= 0.6 is 0 Å². The van der Waals surface area contributed by atoms with Crippen LogP contribution in [0.25, 0.3) is 11.3 Å². The van der Waals surface area contributed by atoms with Crippen molar-refractivity contribution in [3.63, 3.8) is 0 Å². The zero-order valence-corrected chi connectivity index (χ0v) is 15.4. The highest BCUT2D eigenvalue weighted by Gasteiger charge is 2.17. The first kappa shape index (κ1) is 17.8. The third-order valence-corrected chi connectivity index (χ3v) is 4.54. The van der Waals surface area contributed by atoms with Crippen LogP contribution in [0.4, 0.5) is 5.69 Å². The van der Waals surface area contributed by atoms with Gasteiger partial charge in [-0.3, -0.25) is 14.2 Å². The molecular weight excluding hydrogens is 358 g/mol. The quantitative estimate of drug-likeness (QED) is 0.684. The number of hydrogen-bond donors (Lipinski definition) is 0. The van der Waals surface area contributed by atoms with Crippen LogP contribution < -0.4 is 19.9 Å². The summed E-state index contributed by atoms with van der Waals surface area (Å²) in [7, 11) is 0. The van der Waals surface area contributed by atoms with E-state index in [0.717, 1.165) is 11.3 Å². The maximum absolute atomic E-state index is 12.7. The molecule has 0 saturated carbocycles. The van der Waals surface area contributed by atoms with Gasteiger partial charge in [-0.1, -0.05) is 18.2 Å². The van der Waals surface area contributed by atoms with Gasteiger partial charge >= 0.3 is 0 Å². The Morgan fingerprint density at radius 1 is 1.11 bits per heavy atom. The van der Waals surface area contributed by atoms with Crippen LogP contribution in [0, 0.1) is 0 Å². The van der Waals surface area contributed by atoms with Crippen LogP contribution in [0.1, 0.15) is 6.92 Å². The molecule has 0 saturated heterocycles. The van der Waals surface area contributed by atoms with Gasteiger partial charge in [0.1, 0.15) is 6.54 Å². The van der Waals surface area contributed by atoms with Crippen molar-refractivity contribution < 1.29 is 14.3 Å². The summed E-state index contributed by atoms with van der Waals surface area (Å²) in [5.74, 6) is 1.12. The number of para-hydroxylation sites is 1. The van der Waals surface area contributed by atoms with E-state index in [2.05, 4.69) is 4.98 Å². The topological polar surface area (TPSA) is 73.7 Å². The minimum Gasteiger partial charge on any atom is -0.454 e. The third kappa shape index (κ3) is 3.46. The Kier molecular flexibility index (Phi) is 4.80. The molecule has 0 spiro atoms. The van der Waals surface area contributed by atoms with Gasteiger partial charge in [0.05, 0.1) is 12.0 Å². The smallest absolute Gasteiger partial charge is 0.254 e. The second kappa shape index (κ2) is 7.56. The van der Waals surface area contributed by atoms with Crippen molar-refractivity contribution in [1.29, 1.82) is 0 Å². The van der Waals surface area contributed by atoms with Gasteiger partial charge in [0.2, 0.25) is 12.7 Å². The minimum absolute atomic E-state index is 0.0734. The van der Waals surface area contributed by atoms with E-state index < -0.39 is 0 Å². The third-order valence-electron chi connectivity index (χ3n) is 4.54. The molecule has 4 rings (SSSR count). The van der Waals surface area contributed by atoms with Crippen molar-refractivity contribution in [3.8, 4) is 22.8 Å². The lowest BCUT2D eigenvalue weighted by atomic mass is 10.1. The predicted octanol–water partition coefficient (Wildman–Crippen LogP) is 2.69. The lowest BCUT2D eigenvalue weighted by Crippen LogP contribution is -2.36. The van der Waals surface area contributed by atoms with Crippen LogP contribution in [0.5, 0.6) is 11.5 Å². The summed E-state index contributed by atoms with van der Waals surface area (Å²) in [6, 6.07) is 16.2. The highest BCUT2D eigenvalue weighted by Crippen LogP contribution is 2.35. The van der Waals surface area contributed by atoms with Crippen LogP contribution in [0.2, 0.25) is 0 Å². The molecule has 0 unspecified atom stereocenters. The van der Waals surface area contributed by atoms with Crippen molar-refractivity contribution in [1.82, 2.24) is 9.55 Å². The van der Waals surface area contributed by atoms with Gasteiger partial charge in [0.25, 0.3) is 5.56 Å². The van der Waals surface area contributed by atoms with Crippen molar-refractivity contribution in [2.45, 2.75) is 13.5 Å². The highest BCUT2D eigenvalue weighted by atomic mass is 16.7. The molecule has 28 heavy (non-hydrogen) atoms. The molecule has 1 aromatic heterocycles. The summed E-state index contributed by atoms with van der Waals surface area (Å²) in [4.78, 5) is 31.2. The average molecular weight is 377 g/mol. The van der Waals surface area contributed by atoms with Crippen LogP contribution in [-0.4, -0.2) is 28.8 Å². The van der Waals surface area contributed by atoms with E-state index in [0.29, 0.717) is 23.7 Å². The summed E-state index contributed by atoms with van der Waals surface area (Å²) >= 11 is 0. The predicted molar refractivity (Wildman–Crippen MR) is 105 cm³/mol. The number of fused-ring (bicyclic) bond motifs is 1. The molecule has 1 aliphatic rings. The van der Waals surface area contributed by atoms with E-state index in [1.165, 1.54) is 17.0 Å². The van der Waals surface area contributed by atoms with E-state index in [1.54, 1.807) is 17.0 Å². The molecule has 0 atom stereocenters. The molecule has 0 fully saturated rings. The summed E-state index contributed by atoms with van der Waals surface area (Å²) in [5, 5.41) is 0. The van der Waals surface area contributed by atoms with Gasteiger partial charge in [-0.15, -0.1) is 0 Å². The Labute approximate surface area is 161 Å².